The van der Waals surface area contributed by atoms with Crippen molar-refractivity contribution < 1.29 is 4.79 Å². The second kappa shape index (κ2) is 5.19. The largest absolute Gasteiger partial charge is 0.296 e. The van der Waals surface area contributed by atoms with Gasteiger partial charge in [-0.3, -0.25) is 9.20 Å². The predicted octanol–water partition coefficient (Wildman–Crippen LogP) is 3.81. The van der Waals surface area contributed by atoms with Crippen LogP contribution in [0.2, 0.25) is 0 Å². The van der Waals surface area contributed by atoms with Crippen molar-refractivity contribution in [3.63, 3.8) is 0 Å². The van der Waals surface area contributed by atoms with E-state index in [0.29, 0.717) is 5.69 Å². The molecular formula is C14H12N2OS2. The number of fused-ring (bicyclic) bond motifs is 1. The molecule has 19 heavy (non-hydrogen) atoms. The highest BCUT2D eigenvalue weighted by Crippen LogP contribution is 2.28. The lowest BCUT2D eigenvalue weighted by Gasteiger charge is -2.03. The number of imidazole rings is 1. The number of nitrogens with zero attached hydrogens (tertiary/aromatic N) is 2. The first-order valence-electron chi connectivity index (χ1n) is 5.87. The number of benzene rings is 1. The Morgan fingerprint density at radius 3 is 3.05 bits per heavy atom. The van der Waals surface area contributed by atoms with Crippen LogP contribution in [0, 0.1) is 6.92 Å². The molecule has 2 heterocycles. The summed E-state index contributed by atoms with van der Waals surface area (Å²) in [7, 11) is 0. The minimum atomic E-state index is 0.648. The topological polar surface area (TPSA) is 34.4 Å². The Bertz CT molecular complexity index is 730. The molecule has 0 saturated heterocycles. The first kappa shape index (κ1) is 12.4. The molecule has 0 atom stereocenters. The van der Waals surface area contributed by atoms with Crippen molar-refractivity contribution in [2.45, 2.75) is 17.7 Å². The molecule has 0 bridgehead atoms. The Balaban J connectivity index is 1.87. The van der Waals surface area contributed by atoms with E-state index in [4.69, 9.17) is 0 Å². The van der Waals surface area contributed by atoms with E-state index in [1.54, 1.807) is 23.1 Å². The third kappa shape index (κ3) is 2.31. The van der Waals surface area contributed by atoms with Crippen molar-refractivity contribution in [3.05, 3.63) is 52.7 Å². The van der Waals surface area contributed by atoms with E-state index in [-0.39, 0.29) is 0 Å². The maximum absolute atomic E-state index is 11.2. The summed E-state index contributed by atoms with van der Waals surface area (Å²) in [4.78, 5) is 16.6. The van der Waals surface area contributed by atoms with Gasteiger partial charge in [0, 0.05) is 17.3 Å². The zero-order valence-corrected chi connectivity index (χ0v) is 12.0. The quantitative estimate of drug-likeness (QED) is 0.541. The van der Waals surface area contributed by atoms with Gasteiger partial charge in [0.1, 0.15) is 10.7 Å². The van der Waals surface area contributed by atoms with Gasteiger partial charge >= 0.3 is 0 Å². The van der Waals surface area contributed by atoms with Crippen LogP contribution in [0.4, 0.5) is 0 Å². The van der Waals surface area contributed by atoms with Gasteiger partial charge in [-0.15, -0.1) is 11.3 Å². The lowest BCUT2D eigenvalue weighted by Crippen LogP contribution is -1.90. The fourth-order valence-electron chi connectivity index (χ4n) is 1.91. The van der Waals surface area contributed by atoms with Crippen LogP contribution in [0.1, 0.15) is 21.6 Å². The maximum Gasteiger partial charge on any atom is 0.195 e. The first-order chi connectivity index (χ1) is 9.29. The summed E-state index contributed by atoms with van der Waals surface area (Å²) >= 11 is 3.15. The standard InChI is InChI=1S/C14H12N2OS2/c1-10-4-2-3-5-11(10)9-19-13-12(8-17)16-6-7-18-14(16)15-13/h2-8H,9H2,1H3. The van der Waals surface area contributed by atoms with Crippen LogP contribution in [0.3, 0.4) is 0 Å². The van der Waals surface area contributed by atoms with Crippen LogP contribution in [0.15, 0.2) is 40.9 Å². The molecule has 1 aromatic carbocycles. The Kier molecular flexibility index (Phi) is 3.40. The molecule has 0 radical (unpaired) electrons. The molecule has 3 rings (SSSR count). The Morgan fingerprint density at radius 2 is 2.26 bits per heavy atom. The number of aromatic nitrogens is 2. The summed E-state index contributed by atoms with van der Waals surface area (Å²) in [6.07, 6.45) is 2.77. The van der Waals surface area contributed by atoms with E-state index in [2.05, 4.69) is 24.0 Å². The van der Waals surface area contributed by atoms with Gasteiger partial charge < -0.3 is 0 Å². The molecule has 96 valence electrons. The van der Waals surface area contributed by atoms with Crippen LogP contribution < -0.4 is 0 Å². The molecule has 3 aromatic rings. The summed E-state index contributed by atoms with van der Waals surface area (Å²) in [5.74, 6) is 0.832. The second-order valence-corrected chi connectivity index (χ2v) is 6.03. The van der Waals surface area contributed by atoms with Gasteiger partial charge in [-0.2, -0.15) is 0 Å². The smallest absolute Gasteiger partial charge is 0.195 e. The molecule has 0 aliphatic heterocycles. The van der Waals surface area contributed by atoms with Crippen molar-refractivity contribution >= 4 is 34.3 Å². The van der Waals surface area contributed by atoms with Gasteiger partial charge in [-0.25, -0.2) is 4.98 Å². The Hall–Kier alpha value is -1.59. The summed E-state index contributed by atoms with van der Waals surface area (Å²) in [5.41, 5.74) is 3.19. The SMILES string of the molecule is Cc1ccccc1CSc1nc2sccn2c1C=O. The summed E-state index contributed by atoms with van der Waals surface area (Å²) in [6.45, 7) is 2.10. The van der Waals surface area contributed by atoms with Crippen molar-refractivity contribution in [2.24, 2.45) is 0 Å². The zero-order chi connectivity index (χ0) is 13.2. The number of thiazole rings is 1. The number of aldehydes is 1. The predicted molar refractivity (Wildman–Crippen MR) is 79.2 cm³/mol. The van der Waals surface area contributed by atoms with Gasteiger partial charge in [-0.1, -0.05) is 36.0 Å². The molecule has 0 amide bonds. The number of hydrogen-bond donors (Lipinski definition) is 0. The molecule has 5 heteroatoms. The minimum Gasteiger partial charge on any atom is -0.296 e. The number of carbonyl (C=O) groups is 1. The molecule has 0 spiro atoms. The zero-order valence-electron chi connectivity index (χ0n) is 10.4. The van der Waals surface area contributed by atoms with Crippen LogP contribution >= 0.6 is 23.1 Å². The molecular weight excluding hydrogens is 276 g/mol. The Labute approximate surface area is 119 Å². The van der Waals surface area contributed by atoms with E-state index in [0.717, 1.165) is 22.0 Å². The van der Waals surface area contributed by atoms with E-state index in [1.165, 1.54) is 11.1 Å². The minimum absolute atomic E-state index is 0.648. The fourth-order valence-corrected chi connectivity index (χ4v) is 3.76. The summed E-state index contributed by atoms with van der Waals surface area (Å²) < 4.78 is 1.85. The van der Waals surface area contributed by atoms with E-state index in [1.807, 2.05) is 28.1 Å². The van der Waals surface area contributed by atoms with Gasteiger partial charge in [0.2, 0.25) is 0 Å². The van der Waals surface area contributed by atoms with Crippen molar-refractivity contribution in [1.82, 2.24) is 9.38 Å². The highest BCUT2D eigenvalue weighted by molar-refractivity contribution is 7.98. The molecule has 0 aliphatic rings. The maximum atomic E-state index is 11.2. The third-order valence-electron chi connectivity index (χ3n) is 3.00. The van der Waals surface area contributed by atoms with Crippen LogP contribution in [-0.4, -0.2) is 15.7 Å². The van der Waals surface area contributed by atoms with Gasteiger partial charge in [0.25, 0.3) is 0 Å². The number of thioether (sulfide) groups is 1. The summed E-state index contributed by atoms with van der Waals surface area (Å²) in [5, 5.41) is 2.75. The normalized spacial score (nSPS) is 11.0. The average molecular weight is 288 g/mol. The number of aryl methyl sites for hydroxylation is 1. The van der Waals surface area contributed by atoms with Gasteiger partial charge in [-0.05, 0) is 18.1 Å². The van der Waals surface area contributed by atoms with Crippen molar-refractivity contribution in [1.29, 1.82) is 0 Å². The first-order valence-corrected chi connectivity index (χ1v) is 7.74. The Morgan fingerprint density at radius 1 is 1.42 bits per heavy atom. The van der Waals surface area contributed by atoms with E-state index < -0.39 is 0 Å². The second-order valence-electron chi connectivity index (χ2n) is 4.19. The summed E-state index contributed by atoms with van der Waals surface area (Å²) in [6, 6.07) is 8.28. The number of carbonyl (C=O) groups excluding carboxylic acids is 1. The monoisotopic (exact) mass is 288 g/mol. The molecule has 0 saturated carbocycles. The number of hydrogen-bond acceptors (Lipinski definition) is 4. The molecule has 0 fully saturated rings. The van der Waals surface area contributed by atoms with E-state index >= 15 is 0 Å². The van der Waals surface area contributed by atoms with Gasteiger partial charge in [0.05, 0.1) is 0 Å². The highest BCUT2D eigenvalue weighted by Gasteiger charge is 2.13. The lowest BCUT2D eigenvalue weighted by molar-refractivity contribution is 0.111. The van der Waals surface area contributed by atoms with Crippen LogP contribution in [0.25, 0.3) is 4.96 Å². The molecule has 0 unspecified atom stereocenters. The highest BCUT2D eigenvalue weighted by atomic mass is 32.2. The van der Waals surface area contributed by atoms with Crippen molar-refractivity contribution in [2.75, 3.05) is 0 Å². The molecule has 0 N–H and O–H groups in total. The lowest BCUT2D eigenvalue weighted by atomic mass is 10.1. The molecule has 0 aliphatic carbocycles. The fraction of sp³-hybridized carbons (Fsp3) is 0.143. The van der Waals surface area contributed by atoms with Gasteiger partial charge in [0.15, 0.2) is 11.2 Å². The van der Waals surface area contributed by atoms with Crippen molar-refractivity contribution in [3.8, 4) is 0 Å². The number of rotatable bonds is 4. The van der Waals surface area contributed by atoms with E-state index in [9.17, 15) is 4.79 Å². The van der Waals surface area contributed by atoms with Crippen LogP contribution in [0.5, 0.6) is 0 Å². The molecule has 3 nitrogen and oxygen atoms in total. The van der Waals surface area contributed by atoms with Crippen LogP contribution in [-0.2, 0) is 5.75 Å². The third-order valence-corrected chi connectivity index (χ3v) is 4.79. The average Bonchev–Trinajstić information content (AvgIpc) is 2.97. The molecule has 2 aromatic heterocycles.